The second kappa shape index (κ2) is 7.91. The number of hydrogen-bond donors (Lipinski definition) is 2. The molecule has 0 fully saturated rings. The summed E-state index contributed by atoms with van der Waals surface area (Å²) in [5.41, 5.74) is 5.71. The number of aryl methyl sites for hydroxylation is 1. The Morgan fingerprint density at radius 3 is 2.66 bits per heavy atom. The normalized spacial score (nSPS) is 15.5. The fourth-order valence-corrected chi connectivity index (χ4v) is 3.84. The van der Waals surface area contributed by atoms with E-state index in [-0.39, 0.29) is 18.2 Å². The quantitative estimate of drug-likeness (QED) is 0.704. The molecule has 0 aliphatic carbocycles. The van der Waals surface area contributed by atoms with Crippen molar-refractivity contribution >= 4 is 17.5 Å². The fraction of sp³-hybridized carbons (Fsp3) is 0.261. The Morgan fingerprint density at radius 2 is 1.86 bits per heavy atom. The Balaban J connectivity index is 1.48. The van der Waals surface area contributed by atoms with Crippen LogP contribution in [-0.2, 0) is 22.7 Å². The Bertz CT molecular complexity index is 1060. The number of rotatable bonds is 5. The van der Waals surface area contributed by atoms with Gasteiger partial charge in [-0.05, 0) is 31.0 Å². The molecule has 1 atom stereocenters. The Hall–Kier alpha value is -3.41. The number of aromatic nitrogens is 2. The number of nitrogens with one attached hydrogen (secondary N) is 2. The molecule has 2 heterocycles. The van der Waals surface area contributed by atoms with Gasteiger partial charge >= 0.3 is 0 Å². The van der Waals surface area contributed by atoms with Crippen LogP contribution in [0.15, 0.2) is 54.6 Å². The summed E-state index contributed by atoms with van der Waals surface area (Å²) in [5, 5.41) is 10.5. The molecule has 1 aliphatic rings. The van der Waals surface area contributed by atoms with Crippen LogP contribution in [0.4, 0.5) is 5.69 Å². The molecule has 0 unspecified atom stereocenters. The molecular weight excluding hydrogens is 364 g/mol. The predicted octanol–water partition coefficient (Wildman–Crippen LogP) is 3.29. The van der Waals surface area contributed by atoms with Gasteiger partial charge in [-0.2, -0.15) is 5.10 Å². The number of carbonyl (C=O) groups excluding carboxylic acids is 2. The summed E-state index contributed by atoms with van der Waals surface area (Å²) in [5.74, 6) is -0.742. The first-order valence-corrected chi connectivity index (χ1v) is 9.76. The lowest BCUT2D eigenvalue weighted by Crippen LogP contribution is -2.34. The summed E-state index contributed by atoms with van der Waals surface area (Å²) >= 11 is 0. The summed E-state index contributed by atoms with van der Waals surface area (Å²) in [6.07, 6.45) is 0.161. The number of anilines is 1. The Morgan fingerprint density at radius 1 is 1.14 bits per heavy atom. The number of benzene rings is 2. The second-order valence-corrected chi connectivity index (χ2v) is 7.40. The molecule has 2 N–H and O–H groups in total. The Kier molecular flexibility index (Phi) is 5.16. The molecule has 4 rings (SSSR count). The summed E-state index contributed by atoms with van der Waals surface area (Å²) < 4.78 is 1.97. The van der Waals surface area contributed by atoms with Gasteiger partial charge in [0, 0.05) is 29.9 Å². The Labute approximate surface area is 169 Å². The second-order valence-electron chi connectivity index (χ2n) is 7.40. The van der Waals surface area contributed by atoms with Gasteiger partial charge in [-0.15, -0.1) is 0 Å². The lowest BCUT2D eigenvalue weighted by molar-refractivity contribution is -0.126. The van der Waals surface area contributed by atoms with Crippen LogP contribution in [-0.4, -0.2) is 21.6 Å². The monoisotopic (exact) mass is 388 g/mol. The molecule has 3 aromatic rings. The van der Waals surface area contributed by atoms with E-state index in [0.29, 0.717) is 18.8 Å². The first kappa shape index (κ1) is 18.9. The smallest absolute Gasteiger partial charge is 0.228 e. The van der Waals surface area contributed by atoms with E-state index in [1.54, 1.807) is 0 Å². The lowest BCUT2D eigenvalue weighted by Gasteiger charge is -2.24. The number of para-hydroxylation sites is 1. The topological polar surface area (TPSA) is 76.0 Å². The van der Waals surface area contributed by atoms with E-state index in [0.717, 1.165) is 22.5 Å². The molecule has 148 valence electrons. The summed E-state index contributed by atoms with van der Waals surface area (Å²) in [4.78, 5) is 24.9. The molecule has 0 radical (unpaired) electrons. The zero-order valence-electron chi connectivity index (χ0n) is 16.6. The van der Waals surface area contributed by atoms with Crippen molar-refractivity contribution in [3.8, 4) is 0 Å². The van der Waals surface area contributed by atoms with E-state index in [4.69, 9.17) is 0 Å². The van der Waals surface area contributed by atoms with Crippen molar-refractivity contribution in [1.82, 2.24) is 15.1 Å². The average molecular weight is 388 g/mol. The van der Waals surface area contributed by atoms with Crippen LogP contribution in [0, 0.1) is 13.8 Å². The van der Waals surface area contributed by atoms with Gasteiger partial charge in [0.05, 0.1) is 18.2 Å². The highest BCUT2D eigenvalue weighted by Crippen LogP contribution is 2.32. The van der Waals surface area contributed by atoms with Gasteiger partial charge in [-0.3, -0.25) is 14.3 Å². The van der Waals surface area contributed by atoms with Crippen molar-refractivity contribution < 1.29 is 9.59 Å². The molecule has 0 saturated heterocycles. The lowest BCUT2D eigenvalue weighted by atomic mass is 9.90. The van der Waals surface area contributed by atoms with Crippen LogP contribution in [0.1, 0.15) is 40.4 Å². The van der Waals surface area contributed by atoms with E-state index < -0.39 is 5.92 Å². The zero-order chi connectivity index (χ0) is 20.4. The van der Waals surface area contributed by atoms with Gasteiger partial charge < -0.3 is 10.6 Å². The van der Waals surface area contributed by atoms with E-state index >= 15 is 0 Å². The first-order valence-electron chi connectivity index (χ1n) is 9.76. The molecule has 29 heavy (non-hydrogen) atoms. The number of hydrogen-bond acceptors (Lipinski definition) is 3. The van der Waals surface area contributed by atoms with Crippen molar-refractivity contribution in [2.24, 2.45) is 0 Å². The standard InChI is InChI=1S/C23H24N4O2/c1-15-20(16(2)27(26-15)14-17-8-4-3-5-9-17)13-24-23(29)19-12-22(28)25-21-11-7-6-10-18(19)21/h3-11,19H,12-14H2,1-2H3,(H,24,29)(H,25,28)/t19-/m0/s1. The van der Waals surface area contributed by atoms with E-state index in [1.165, 1.54) is 5.56 Å². The van der Waals surface area contributed by atoms with Gasteiger partial charge in [-0.25, -0.2) is 0 Å². The highest BCUT2D eigenvalue weighted by Gasteiger charge is 2.30. The van der Waals surface area contributed by atoms with Crippen molar-refractivity contribution in [3.05, 3.63) is 82.7 Å². The van der Waals surface area contributed by atoms with Crippen LogP contribution < -0.4 is 10.6 Å². The third kappa shape index (κ3) is 3.92. The molecule has 1 aromatic heterocycles. The molecule has 1 aliphatic heterocycles. The van der Waals surface area contributed by atoms with Gasteiger partial charge in [0.25, 0.3) is 0 Å². The third-order valence-electron chi connectivity index (χ3n) is 5.46. The van der Waals surface area contributed by atoms with Crippen molar-refractivity contribution in [3.63, 3.8) is 0 Å². The van der Waals surface area contributed by atoms with E-state index in [1.807, 2.05) is 61.0 Å². The highest BCUT2D eigenvalue weighted by atomic mass is 16.2. The number of amides is 2. The van der Waals surface area contributed by atoms with E-state index in [2.05, 4.69) is 27.9 Å². The number of carbonyl (C=O) groups is 2. The summed E-state index contributed by atoms with van der Waals surface area (Å²) in [6.45, 7) is 5.07. The largest absolute Gasteiger partial charge is 0.351 e. The molecule has 0 spiro atoms. The SMILES string of the molecule is Cc1nn(Cc2ccccc2)c(C)c1CNC(=O)[C@H]1CC(=O)Nc2ccccc21. The molecule has 0 bridgehead atoms. The zero-order valence-corrected chi connectivity index (χ0v) is 16.6. The molecule has 6 heteroatoms. The third-order valence-corrected chi connectivity index (χ3v) is 5.46. The van der Waals surface area contributed by atoms with Gasteiger partial charge in [0.15, 0.2) is 0 Å². The fourth-order valence-electron chi connectivity index (χ4n) is 3.84. The molecule has 2 amide bonds. The van der Waals surface area contributed by atoms with Gasteiger partial charge in [-0.1, -0.05) is 48.5 Å². The molecule has 0 saturated carbocycles. The minimum absolute atomic E-state index is 0.133. The average Bonchev–Trinajstić information content (AvgIpc) is 2.99. The minimum Gasteiger partial charge on any atom is -0.351 e. The maximum absolute atomic E-state index is 12.9. The predicted molar refractivity (Wildman–Crippen MR) is 112 cm³/mol. The van der Waals surface area contributed by atoms with Gasteiger partial charge in [0.2, 0.25) is 11.8 Å². The van der Waals surface area contributed by atoms with Crippen molar-refractivity contribution in [2.75, 3.05) is 5.32 Å². The van der Waals surface area contributed by atoms with Crippen LogP contribution >= 0.6 is 0 Å². The van der Waals surface area contributed by atoms with Crippen LogP contribution in [0.25, 0.3) is 0 Å². The van der Waals surface area contributed by atoms with Crippen molar-refractivity contribution in [2.45, 2.75) is 39.3 Å². The summed E-state index contributed by atoms with van der Waals surface area (Å²) in [7, 11) is 0. The maximum atomic E-state index is 12.9. The molecule has 6 nitrogen and oxygen atoms in total. The summed E-state index contributed by atoms with van der Waals surface area (Å²) in [6, 6.07) is 17.6. The number of fused-ring (bicyclic) bond motifs is 1. The first-order chi connectivity index (χ1) is 14.0. The maximum Gasteiger partial charge on any atom is 0.228 e. The van der Waals surface area contributed by atoms with Gasteiger partial charge in [0.1, 0.15) is 0 Å². The minimum atomic E-state index is -0.472. The van der Waals surface area contributed by atoms with Crippen molar-refractivity contribution in [1.29, 1.82) is 0 Å². The molecule has 2 aromatic carbocycles. The van der Waals surface area contributed by atoms with Crippen LogP contribution in [0.2, 0.25) is 0 Å². The van der Waals surface area contributed by atoms with Crippen LogP contribution in [0.5, 0.6) is 0 Å². The molecular formula is C23H24N4O2. The highest BCUT2D eigenvalue weighted by molar-refractivity contribution is 6.01. The van der Waals surface area contributed by atoms with Crippen LogP contribution in [0.3, 0.4) is 0 Å². The van der Waals surface area contributed by atoms with E-state index in [9.17, 15) is 9.59 Å². The number of nitrogens with zero attached hydrogens (tertiary/aromatic N) is 2.